The van der Waals surface area contributed by atoms with Crippen LogP contribution in [0.25, 0.3) is 0 Å². The quantitative estimate of drug-likeness (QED) is 0.707. The molecule has 1 spiro atoms. The van der Waals surface area contributed by atoms with Gasteiger partial charge in [0.05, 0.1) is 12.7 Å². The number of aliphatic hydroxyl groups is 2. The van der Waals surface area contributed by atoms with Crippen LogP contribution in [-0.4, -0.2) is 22.9 Å². The van der Waals surface area contributed by atoms with E-state index in [1.807, 2.05) is 0 Å². The van der Waals surface area contributed by atoms with Gasteiger partial charge in [-0.3, -0.25) is 0 Å². The third-order valence-corrected chi connectivity index (χ3v) is 9.26. The number of rotatable bonds is 1. The predicted octanol–water partition coefficient (Wildman–Crippen LogP) is 4.31. The highest BCUT2D eigenvalue weighted by atomic mass is 16.3. The standard InChI is InChI=1S/C21H34O2/c1-14-11-21-10-6-15-19(3,9-7-17(23)20(15,4)13-22)16(21)5-8-18(14,2)12-21/h15-17,22-23H,1,5-13H2,2-4H3/t15-,16-,17?,18-,19?,20-,21?/m0/s1. The van der Waals surface area contributed by atoms with E-state index in [0.717, 1.165) is 18.8 Å². The topological polar surface area (TPSA) is 40.5 Å². The minimum atomic E-state index is -0.341. The van der Waals surface area contributed by atoms with Crippen LogP contribution in [0.2, 0.25) is 0 Å². The number of hydrogen-bond acceptors (Lipinski definition) is 2. The van der Waals surface area contributed by atoms with Gasteiger partial charge in [-0.1, -0.05) is 32.9 Å². The fourth-order valence-corrected chi connectivity index (χ4v) is 7.92. The van der Waals surface area contributed by atoms with Gasteiger partial charge in [-0.25, -0.2) is 0 Å². The van der Waals surface area contributed by atoms with Crippen LogP contribution in [0.4, 0.5) is 0 Å². The van der Waals surface area contributed by atoms with E-state index in [4.69, 9.17) is 0 Å². The van der Waals surface area contributed by atoms with Crippen LogP contribution < -0.4 is 0 Å². The van der Waals surface area contributed by atoms with E-state index in [1.54, 1.807) is 0 Å². The molecule has 4 saturated carbocycles. The molecule has 0 aromatic carbocycles. The molecule has 130 valence electrons. The van der Waals surface area contributed by atoms with E-state index < -0.39 is 0 Å². The van der Waals surface area contributed by atoms with Gasteiger partial charge in [0.1, 0.15) is 0 Å². The van der Waals surface area contributed by atoms with Gasteiger partial charge in [-0.15, -0.1) is 0 Å². The van der Waals surface area contributed by atoms with E-state index in [0.29, 0.717) is 16.7 Å². The molecule has 2 heteroatoms. The molecule has 0 radical (unpaired) electrons. The minimum Gasteiger partial charge on any atom is -0.396 e. The van der Waals surface area contributed by atoms with Crippen LogP contribution >= 0.6 is 0 Å². The van der Waals surface area contributed by atoms with Gasteiger partial charge in [-0.2, -0.15) is 0 Å². The zero-order chi connectivity index (χ0) is 16.7. The first-order chi connectivity index (χ1) is 10.7. The Morgan fingerprint density at radius 2 is 1.74 bits per heavy atom. The van der Waals surface area contributed by atoms with Crippen molar-refractivity contribution in [1.29, 1.82) is 0 Å². The second kappa shape index (κ2) is 4.64. The molecule has 0 aliphatic heterocycles. The van der Waals surface area contributed by atoms with E-state index >= 15 is 0 Å². The fraction of sp³-hybridized carbons (Fsp3) is 0.905. The Hall–Kier alpha value is -0.340. The highest BCUT2D eigenvalue weighted by Crippen LogP contribution is 2.74. The molecular formula is C21H34O2. The van der Waals surface area contributed by atoms with Crippen molar-refractivity contribution in [3.63, 3.8) is 0 Å². The predicted molar refractivity (Wildman–Crippen MR) is 92.9 cm³/mol. The minimum absolute atomic E-state index is 0.124. The molecule has 2 N–H and O–H groups in total. The lowest BCUT2D eigenvalue weighted by Crippen LogP contribution is -2.61. The first-order valence-corrected chi connectivity index (χ1v) is 9.67. The van der Waals surface area contributed by atoms with E-state index in [2.05, 4.69) is 27.4 Å². The average molecular weight is 319 g/mol. The first-order valence-electron chi connectivity index (χ1n) is 9.67. The summed E-state index contributed by atoms with van der Waals surface area (Å²) in [7, 11) is 0. The monoisotopic (exact) mass is 318 g/mol. The highest BCUT2D eigenvalue weighted by molar-refractivity contribution is 5.27. The summed E-state index contributed by atoms with van der Waals surface area (Å²) in [6.45, 7) is 11.7. The van der Waals surface area contributed by atoms with Gasteiger partial charge < -0.3 is 10.2 Å². The Balaban J connectivity index is 1.75. The SMILES string of the molecule is C=C1CC23CC[C@H]4C(C)(CCC(O)[C@@]4(C)CO)[C@@H]2CC[C@@]1(C)C3. The number of aliphatic hydroxyl groups excluding tert-OH is 2. The van der Waals surface area contributed by atoms with Crippen LogP contribution in [0.3, 0.4) is 0 Å². The molecule has 2 nitrogen and oxygen atoms in total. The van der Waals surface area contributed by atoms with Crippen molar-refractivity contribution in [2.24, 2.45) is 33.5 Å². The Labute approximate surface area is 141 Å². The Morgan fingerprint density at radius 3 is 2.43 bits per heavy atom. The molecule has 4 fully saturated rings. The molecule has 0 heterocycles. The van der Waals surface area contributed by atoms with Crippen LogP contribution in [0, 0.1) is 33.5 Å². The number of fused-ring (bicyclic) bond motifs is 3. The molecule has 4 aliphatic carbocycles. The van der Waals surface area contributed by atoms with Crippen molar-refractivity contribution in [2.75, 3.05) is 6.61 Å². The highest BCUT2D eigenvalue weighted by Gasteiger charge is 2.66. The lowest BCUT2D eigenvalue weighted by molar-refractivity contribution is -0.199. The van der Waals surface area contributed by atoms with Gasteiger partial charge >= 0.3 is 0 Å². The third kappa shape index (κ3) is 1.83. The van der Waals surface area contributed by atoms with Gasteiger partial charge in [0.15, 0.2) is 0 Å². The molecule has 4 rings (SSSR count). The first kappa shape index (κ1) is 16.1. The molecule has 23 heavy (non-hydrogen) atoms. The van der Waals surface area contributed by atoms with Crippen LogP contribution in [0.5, 0.6) is 0 Å². The van der Waals surface area contributed by atoms with Crippen molar-refractivity contribution in [1.82, 2.24) is 0 Å². The van der Waals surface area contributed by atoms with Crippen molar-refractivity contribution < 1.29 is 10.2 Å². The third-order valence-electron chi connectivity index (χ3n) is 9.26. The maximum atomic E-state index is 10.6. The molecule has 0 aromatic heterocycles. The summed E-state index contributed by atoms with van der Waals surface area (Å²) in [5, 5.41) is 20.7. The molecule has 2 bridgehead atoms. The summed E-state index contributed by atoms with van der Waals surface area (Å²) in [4.78, 5) is 0. The summed E-state index contributed by atoms with van der Waals surface area (Å²) in [5.74, 6) is 1.21. The Bertz CT molecular complexity index is 542. The lowest BCUT2D eigenvalue weighted by Gasteiger charge is -2.65. The second-order valence-electron chi connectivity index (χ2n) is 10.3. The van der Waals surface area contributed by atoms with Crippen LogP contribution in [-0.2, 0) is 0 Å². The summed E-state index contributed by atoms with van der Waals surface area (Å²) < 4.78 is 0. The smallest absolute Gasteiger partial charge is 0.0618 e. The second-order valence-corrected chi connectivity index (χ2v) is 10.3. The maximum absolute atomic E-state index is 10.6. The van der Waals surface area contributed by atoms with Gasteiger partial charge in [0.25, 0.3) is 0 Å². The van der Waals surface area contributed by atoms with Crippen molar-refractivity contribution >= 4 is 0 Å². The van der Waals surface area contributed by atoms with Crippen molar-refractivity contribution in [2.45, 2.75) is 78.2 Å². The molecule has 4 aliphatic rings. The summed E-state index contributed by atoms with van der Waals surface area (Å²) in [6, 6.07) is 0. The largest absolute Gasteiger partial charge is 0.396 e. The molecule has 0 aromatic rings. The lowest BCUT2D eigenvalue weighted by atomic mass is 9.40. The van der Waals surface area contributed by atoms with E-state index in [1.165, 1.54) is 44.1 Å². The van der Waals surface area contributed by atoms with Gasteiger partial charge in [0.2, 0.25) is 0 Å². The summed E-state index contributed by atoms with van der Waals surface area (Å²) >= 11 is 0. The summed E-state index contributed by atoms with van der Waals surface area (Å²) in [5.41, 5.74) is 2.32. The van der Waals surface area contributed by atoms with Crippen molar-refractivity contribution in [3.8, 4) is 0 Å². The normalized spacial score (nSPS) is 58.7. The number of hydrogen-bond donors (Lipinski definition) is 2. The summed E-state index contributed by atoms with van der Waals surface area (Å²) in [6.07, 6.45) is 9.27. The zero-order valence-electron chi connectivity index (χ0n) is 15.2. The van der Waals surface area contributed by atoms with Crippen LogP contribution in [0.1, 0.15) is 72.1 Å². The molecular weight excluding hydrogens is 284 g/mol. The van der Waals surface area contributed by atoms with Crippen molar-refractivity contribution in [3.05, 3.63) is 12.2 Å². The van der Waals surface area contributed by atoms with Gasteiger partial charge in [0, 0.05) is 5.41 Å². The Morgan fingerprint density at radius 1 is 1.04 bits per heavy atom. The molecule has 7 atom stereocenters. The van der Waals surface area contributed by atoms with E-state index in [-0.39, 0.29) is 23.5 Å². The Kier molecular flexibility index (Phi) is 3.25. The van der Waals surface area contributed by atoms with Crippen LogP contribution in [0.15, 0.2) is 12.2 Å². The average Bonchev–Trinajstić information content (AvgIpc) is 2.68. The fourth-order valence-electron chi connectivity index (χ4n) is 7.92. The zero-order valence-corrected chi connectivity index (χ0v) is 15.2. The molecule has 3 unspecified atom stereocenters. The molecule has 0 saturated heterocycles. The van der Waals surface area contributed by atoms with E-state index in [9.17, 15) is 10.2 Å². The maximum Gasteiger partial charge on any atom is 0.0618 e. The number of allylic oxidation sites excluding steroid dienone is 1. The van der Waals surface area contributed by atoms with Gasteiger partial charge in [-0.05, 0) is 79.4 Å². The molecule has 0 amide bonds.